The van der Waals surface area contributed by atoms with Crippen LogP contribution in [-0.4, -0.2) is 27.3 Å². The van der Waals surface area contributed by atoms with Crippen molar-refractivity contribution in [1.29, 1.82) is 0 Å². The standard InChI is InChI=1S/C15H16O4/c1-17-10-19-13-5-3-4-12-8-11(6-7-16)9-14(18-2)15(12)13/h3-5,7-9H,6,10H2,1-2H3. The highest BCUT2D eigenvalue weighted by atomic mass is 16.7. The summed E-state index contributed by atoms with van der Waals surface area (Å²) in [4.78, 5) is 10.6. The van der Waals surface area contributed by atoms with Gasteiger partial charge in [-0.1, -0.05) is 18.2 Å². The molecule has 0 radical (unpaired) electrons. The second kappa shape index (κ2) is 6.20. The lowest BCUT2D eigenvalue weighted by Gasteiger charge is -2.13. The topological polar surface area (TPSA) is 44.8 Å². The van der Waals surface area contributed by atoms with Crippen molar-refractivity contribution in [3.8, 4) is 11.5 Å². The Kier molecular flexibility index (Phi) is 4.36. The minimum Gasteiger partial charge on any atom is -0.496 e. The molecule has 2 rings (SSSR count). The minimum atomic E-state index is 0.179. The van der Waals surface area contributed by atoms with E-state index in [1.807, 2.05) is 30.3 Å². The van der Waals surface area contributed by atoms with Gasteiger partial charge in [-0.05, 0) is 23.1 Å². The van der Waals surface area contributed by atoms with Crippen LogP contribution in [0.5, 0.6) is 11.5 Å². The number of fused-ring (bicyclic) bond motifs is 1. The fraction of sp³-hybridized carbons (Fsp3) is 0.267. The molecule has 4 heteroatoms. The zero-order chi connectivity index (χ0) is 13.7. The maximum absolute atomic E-state index is 10.6. The number of rotatable bonds is 6. The second-order valence-corrected chi connectivity index (χ2v) is 4.07. The van der Waals surface area contributed by atoms with E-state index in [4.69, 9.17) is 14.2 Å². The van der Waals surface area contributed by atoms with E-state index in [9.17, 15) is 4.79 Å². The number of hydrogen-bond donors (Lipinski definition) is 0. The van der Waals surface area contributed by atoms with E-state index in [0.29, 0.717) is 17.9 Å². The molecule has 2 aromatic carbocycles. The number of benzene rings is 2. The van der Waals surface area contributed by atoms with Gasteiger partial charge in [-0.3, -0.25) is 0 Å². The molecular formula is C15H16O4. The van der Waals surface area contributed by atoms with Crippen LogP contribution < -0.4 is 9.47 Å². The van der Waals surface area contributed by atoms with Gasteiger partial charge in [-0.15, -0.1) is 0 Å². The Hall–Kier alpha value is -2.07. The fourth-order valence-corrected chi connectivity index (χ4v) is 2.03. The number of hydrogen-bond acceptors (Lipinski definition) is 4. The summed E-state index contributed by atoms with van der Waals surface area (Å²) in [5.41, 5.74) is 0.920. The lowest BCUT2D eigenvalue weighted by Crippen LogP contribution is -2.00. The van der Waals surface area contributed by atoms with Crippen molar-refractivity contribution >= 4 is 17.1 Å². The molecule has 100 valence electrons. The zero-order valence-electron chi connectivity index (χ0n) is 11.0. The molecule has 0 heterocycles. The van der Waals surface area contributed by atoms with Crippen LogP contribution in [0.2, 0.25) is 0 Å². The van der Waals surface area contributed by atoms with Gasteiger partial charge in [0.05, 0.1) is 12.5 Å². The zero-order valence-corrected chi connectivity index (χ0v) is 11.0. The number of methoxy groups -OCH3 is 2. The lowest BCUT2D eigenvalue weighted by molar-refractivity contribution is -0.107. The van der Waals surface area contributed by atoms with Crippen molar-refractivity contribution in [2.75, 3.05) is 21.0 Å². The quantitative estimate of drug-likeness (QED) is 0.591. The largest absolute Gasteiger partial charge is 0.496 e. The highest BCUT2D eigenvalue weighted by Gasteiger charge is 2.10. The normalized spacial score (nSPS) is 10.4. The van der Waals surface area contributed by atoms with Crippen LogP contribution in [0.1, 0.15) is 5.56 Å². The van der Waals surface area contributed by atoms with Crippen LogP contribution in [0, 0.1) is 0 Å². The first-order chi connectivity index (χ1) is 9.30. The van der Waals surface area contributed by atoms with Crippen molar-refractivity contribution in [2.24, 2.45) is 0 Å². The first kappa shape index (κ1) is 13.4. The smallest absolute Gasteiger partial charge is 0.188 e. The van der Waals surface area contributed by atoms with Gasteiger partial charge in [0.2, 0.25) is 0 Å². The number of carbonyl (C=O) groups excluding carboxylic acids is 1. The summed E-state index contributed by atoms with van der Waals surface area (Å²) in [5, 5.41) is 1.86. The molecule has 0 bridgehead atoms. The third kappa shape index (κ3) is 2.85. The molecular weight excluding hydrogens is 244 g/mol. The molecule has 0 saturated carbocycles. The molecule has 0 spiro atoms. The van der Waals surface area contributed by atoms with Crippen LogP contribution in [0.3, 0.4) is 0 Å². The van der Waals surface area contributed by atoms with Crippen LogP contribution >= 0.6 is 0 Å². The molecule has 0 aliphatic rings. The Morgan fingerprint density at radius 2 is 2.00 bits per heavy atom. The molecule has 0 aliphatic heterocycles. The summed E-state index contributed by atoms with van der Waals surface area (Å²) in [6.07, 6.45) is 1.25. The summed E-state index contributed by atoms with van der Waals surface area (Å²) < 4.78 is 15.9. The Balaban J connectivity index is 2.56. The molecule has 0 N–H and O–H groups in total. The fourth-order valence-electron chi connectivity index (χ4n) is 2.03. The molecule has 0 aromatic heterocycles. The Bertz CT molecular complexity index is 578. The monoisotopic (exact) mass is 260 g/mol. The second-order valence-electron chi connectivity index (χ2n) is 4.07. The molecule has 19 heavy (non-hydrogen) atoms. The van der Waals surface area contributed by atoms with E-state index in [-0.39, 0.29) is 6.79 Å². The molecule has 4 nitrogen and oxygen atoms in total. The summed E-state index contributed by atoms with van der Waals surface area (Å²) >= 11 is 0. The first-order valence-electron chi connectivity index (χ1n) is 5.95. The molecule has 0 fully saturated rings. The third-order valence-electron chi connectivity index (χ3n) is 2.83. The Morgan fingerprint density at radius 3 is 2.68 bits per heavy atom. The summed E-state index contributed by atoms with van der Waals surface area (Å²) in [7, 11) is 3.18. The van der Waals surface area contributed by atoms with Gasteiger partial charge in [0.1, 0.15) is 17.8 Å². The third-order valence-corrected chi connectivity index (χ3v) is 2.83. The highest BCUT2D eigenvalue weighted by Crippen LogP contribution is 2.35. The van der Waals surface area contributed by atoms with Gasteiger partial charge in [-0.2, -0.15) is 0 Å². The Labute approximate surface area is 111 Å². The molecule has 2 aromatic rings. The van der Waals surface area contributed by atoms with Crippen LogP contribution in [0.15, 0.2) is 30.3 Å². The number of aldehydes is 1. The first-order valence-corrected chi connectivity index (χ1v) is 5.95. The average Bonchev–Trinajstić information content (AvgIpc) is 2.44. The molecule has 0 saturated heterocycles. The van der Waals surface area contributed by atoms with Crippen LogP contribution in [-0.2, 0) is 16.0 Å². The van der Waals surface area contributed by atoms with Crippen LogP contribution in [0.4, 0.5) is 0 Å². The van der Waals surface area contributed by atoms with Gasteiger partial charge in [-0.25, -0.2) is 0 Å². The number of ether oxygens (including phenoxy) is 3. The summed E-state index contributed by atoms with van der Waals surface area (Å²) in [6.45, 7) is 0.179. The van der Waals surface area contributed by atoms with Crippen molar-refractivity contribution in [3.63, 3.8) is 0 Å². The van der Waals surface area contributed by atoms with Gasteiger partial charge in [0.25, 0.3) is 0 Å². The molecule has 0 amide bonds. The van der Waals surface area contributed by atoms with Crippen molar-refractivity contribution < 1.29 is 19.0 Å². The predicted molar refractivity (Wildman–Crippen MR) is 72.8 cm³/mol. The maximum Gasteiger partial charge on any atom is 0.188 e. The van der Waals surface area contributed by atoms with Crippen molar-refractivity contribution in [3.05, 3.63) is 35.9 Å². The molecule has 0 aliphatic carbocycles. The van der Waals surface area contributed by atoms with Gasteiger partial charge in [0.15, 0.2) is 6.79 Å². The van der Waals surface area contributed by atoms with E-state index in [0.717, 1.165) is 22.6 Å². The van der Waals surface area contributed by atoms with Crippen LogP contribution in [0.25, 0.3) is 10.8 Å². The van der Waals surface area contributed by atoms with Gasteiger partial charge in [0, 0.05) is 13.5 Å². The Morgan fingerprint density at radius 1 is 1.16 bits per heavy atom. The van der Waals surface area contributed by atoms with E-state index in [2.05, 4.69) is 0 Å². The van der Waals surface area contributed by atoms with Crippen molar-refractivity contribution in [1.82, 2.24) is 0 Å². The average molecular weight is 260 g/mol. The van der Waals surface area contributed by atoms with E-state index in [1.165, 1.54) is 0 Å². The highest BCUT2D eigenvalue weighted by molar-refractivity contribution is 5.94. The summed E-state index contributed by atoms with van der Waals surface area (Å²) in [5.74, 6) is 1.40. The van der Waals surface area contributed by atoms with Gasteiger partial charge >= 0.3 is 0 Å². The van der Waals surface area contributed by atoms with E-state index < -0.39 is 0 Å². The maximum atomic E-state index is 10.6. The minimum absolute atomic E-state index is 0.179. The SMILES string of the molecule is COCOc1cccc2cc(CC=O)cc(OC)c12. The van der Waals surface area contributed by atoms with E-state index >= 15 is 0 Å². The summed E-state index contributed by atoms with van der Waals surface area (Å²) in [6, 6.07) is 9.55. The molecule has 0 atom stereocenters. The van der Waals surface area contributed by atoms with E-state index in [1.54, 1.807) is 14.2 Å². The van der Waals surface area contributed by atoms with Gasteiger partial charge < -0.3 is 19.0 Å². The molecule has 0 unspecified atom stereocenters. The van der Waals surface area contributed by atoms with Crippen molar-refractivity contribution in [2.45, 2.75) is 6.42 Å². The number of carbonyl (C=O) groups is 1. The lowest BCUT2D eigenvalue weighted by atomic mass is 10.0. The predicted octanol–water partition coefficient (Wildman–Crippen LogP) is 2.57.